The molecule has 4 nitrogen and oxygen atoms in total. The Kier molecular flexibility index (Phi) is 6.83. The largest absolute Gasteiger partial charge is 0.497 e. The van der Waals surface area contributed by atoms with Crippen LogP contribution in [-0.2, 0) is 4.74 Å². The minimum absolute atomic E-state index is 0.754. The fourth-order valence-electron chi connectivity index (χ4n) is 2.66. The molecule has 0 N–H and O–H groups in total. The lowest BCUT2D eigenvalue weighted by Gasteiger charge is -2.27. The molecule has 21 heavy (non-hydrogen) atoms. The van der Waals surface area contributed by atoms with Crippen LogP contribution in [0.5, 0.6) is 11.5 Å². The van der Waals surface area contributed by atoms with Gasteiger partial charge < -0.3 is 19.1 Å². The summed E-state index contributed by atoms with van der Waals surface area (Å²) in [6.45, 7) is 4.86. The molecule has 0 aromatic heterocycles. The normalized spacial score (nSPS) is 16.1. The molecule has 1 aliphatic rings. The van der Waals surface area contributed by atoms with Gasteiger partial charge in [-0.1, -0.05) is 0 Å². The maximum absolute atomic E-state index is 5.74. The molecule has 1 fully saturated rings. The molecule has 1 aromatic carbocycles. The van der Waals surface area contributed by atoms with Crippen LogP contribution in [0, 0.1) is 5.92 Å². The van der Waals surface area contributed by atoms with E-state index in [1.54, 1.807) is 7.11 Å². The van der Waals surface area contributed by atoms with Gasteiger partial charge in [0.05, 0.1) is 13.7 Å². The van der Waals surface area contributed by atoms with Crippen LogP contribution in [0.1, 0.15) is 19.3 Å². The van der Waals surface area contributed by atoms with Crippen molar-refractivity contribution in [1.29, 1.82) is 0 Å². The van der Waals surface area contributed by atoms with E-state index in [1.165, 1.54) is 19.4 Å². The number of hydrogen-bond acceptors (Lipinski definition) is 4. The fraction of sp³-hybridized carbons (Fsp3) is 0.647. The summed E-state index contributed by atoms with van der Waals surface area (Å²) in [5.41, 5.74) is 0. The van der Waals surface area contributed by atoms with Gasteiger partial charge in [0.1, 0.15) is 11.5 Å². The van der Waals surface area contributed by atoms with Gasteiger partial charge in [-0.25, -0.2) is 0 Å². The van der Waals surface area contributed by atoms with E-state index in [-0.39, 0.29) is 0 Å². The van der Waals surface area contributed by atoms with Crippen LogP contribution in [-0.4, -0.2) is 52.0 Å². The van der Waals surface area contributed by atoms with E-state index in [1.807, 2.05) is 24.3 Å². The van der Waals surface area contributed by atoms with Crippen molar-refractivity contribution < 1.29 is 14.2 Å². The molecule has 0 spiro atoms. The highest BCUT2D eigenvalue weighted by Crippen LogP contribution is 2.17. The van der Waals surface area contributed by atoms with Gasteiger partial charge in [0, 0.05) is 26.3 Å². The third-order valence-corrected chi connectivity index (χ3v) is 3.92. The predicted molar refractivity (Wildman–Crippen MR) is 84.1 cm³/mol. The Morgan fingerprint density at radius 2 is 1.81 bits per heavy atom. The molecule has 0 amide bonds. The molecular formula is C17H27NO3. The molecule has 0 saturated carbocycles. The van der Waals surface area contributed by atoms with Crippen molar-refractivity contribution in [3.8, 4) is 11.5 Å². The average Bonchev–Trinajstić information content (AvgIpc) is 2.53. The fourth-order valence-corrected chi connectivity index (χ4v) is 2.66. The van der Waals surface area contributed by atoms with E-state index >= 15 is 0 Å². The second kappa shape index (κ2) is 8.90. The number of benzene rings is 1. The van der Waals surface area contributed by atoms with Crippen molar-refractivity contribution in [2.24, 2.45) is 5.92 Å². The summed E-state index contributed by atoms with van der Waals surface area (Å²) in [5.74, 6) is 2.56. The summed E-state index contributed by atoms with van der Waals surface area (Å²) in [5, 5.41) is 0. The van der Waals surface area contributed by atoms with Gasteiger partial charge in [-0.15, -0.1) is 0 Å². The Bertz CT molecular complexity index is 388. The highest BCUT2D eigenvalue weighted by atomic mass is 16.5. The van der Waals surface area contributed by atoms with Crippen LogP contribution in [0.3, 0.4) is 0 Å². The monoisotopic (exact) mass is 293 g/mol. The molecule has 118 valence electrons. The van der Waals surface area contributed by atoms with Crippen LogP contribution in [0.4, 0.5) is 0 Å². The van der Waals surface area contributed by atoms with E-state index < -0.39 is 0 Å². The van der Waals surface area contributed by atoms with Crippen LogP contribution >= 0.6 is 0 Å². The molecule has 1 heterocycles. The van der Waals surface area contributed by atoms with Gasteiger partial charge in [0.15, 0.2) is 0 Å². The molecule has 0 radical (unpaired) electrons. The summed E-state index contributed by atoms with van der Waals surface area (Å²) in [7, 11) is 3.87. The van der Waals surface area contributed by atoms with Crippen molar-refractivity contribution in [1.82, 2.24) is 4.90 Å². The maximum atomic E-state index is 5.74. The molecule has 0 aliphatic carbocycles. The Labute approximate surface area is 128 Å². The molecule has 2 rings (SSSR count). The van der Waals surface area contributed by atoms with Gasteiger partial charge >= 0.3 is 0 Å². The smallest absolute Gasteiger partial charge is 0.119 e. The van der Waals surface area contributed by atoms with Gasteiger partial charge in [-0.05, 0) is 56.5 Å². The predicted octanol–water partition coefficient (Wildman–Crippen LogP) is 2.82. The average molecular weight is 293 g/mol. The van der Waals surface area contributed by atoms with E-state index in [0.717, 1.165) is 50.2 Å². The van der Waals surface area contributed by atoms with E-state index in [9.17, 15) is 0 Å². The molecule has 0 bridgehead atoms. The van der Waals surface area contributed by atoms with Gasteiger partial charge in [0.25, 0.3) is 0 Å². The van der Waals surface area contributed by atoms with Crippen LogP contribution < -0.4 is 9.47 Å². The summed E-state index contributed by atoms with van der Waals surface area (Å²) >= 11 is 0. The summed E-state index contributed by atoms with van der Waals surface area (Å²) in [6, 6.07) is 7.74. The third-order valence-electron chi connectivity index (χ3n) is 3.92. The SMILES string of the molecule is COc1ccc(OCCCN(C)CC2CCOCC2)cc1. The number of ether oxygens (including phenoxy) is 3. The Morgan fingerprint density at radius 1 is 1.14 bits per heavy atom. The second-order valence-electron chi connectivity index (χ2n) is 5.70. The van der Waals surface area contributed by atoms with Crippen molar-refractivity contribution in [3.05, 3.63) is 24.3 Å². The molecule has 0 unspecified atom stereocenters. The van der Waals surface area contributed by atoms with Gasteiger partial charge in [0.2, 0.25) is 0 Å². The van der Waals surface area contributed by atoms with Crippen molar-refractivity contribution in [3.63, 3.8) is 0 Å². The van der Waals surface area contributed by atoms with Crippen molar-refractivity contribution >= 4 is 0 Å². The topological polar surface area (TPSA) is 30.9 Å². The highest BCUT2D eigenvalue weighted by molar-refractivity contribution is 5.31. The number of methoxy groups -OCH3 is 1. The van der Waals surface area contributed by atoms with Gasteiger partial charge in [-0.2, -0.15) is 0 Å². The number of nitrogens with zero attached hydrogens (tertiary/aromatic N) is 1. The summed E-state index contributed by atoms with van der Waals surface area (Å²) in [6.07, 6.45) is 3.45. The van der Waals surface area contributed by atoms with E-state index in [0.29, 0.717) is 0 Å². The summed E-state index contributed by atoms with van der Waals surface area (Å²) in [4.78, 5) is 2.41. The second-order valence-corrected chi connectivity index (χ2v) is 5.70. The first-order valence-corrected chi connectivity index (χ1v) is 7.81. The van der Waals surface area contributed by atoms with E-state index in [4.69, 9.17) is 14.2 Å². The van der Waals surface area contributed by atoms with Crippen LogP contribution in [0.15, 0.2) is 24.3 Å². The first kappa shape index (κ1) is 16.1. The molecular weight excluding hydrogens is 266 g/mol. The Hall–Kier alpha value is -1.26. The molecule has 1 saturated heterocycles. The zero-order chi connectivity index (χ0) is 14.9. The number of hydrogen-bond donors (Lipinski definition) is 0. The minimum Gasteiger partial charge on any atom is -0.497 e. The zero-order valence-corrected chi connectivity index (χ0v) is 13.2. The lowest BCUT2D eigenvalue weighted by atomic mass is 10.00. The highest BCUT2D eigenvalue weighted by Gasteiger charge is 2.15. The van der Waals surface area contributed by atoms with Crippen LogP contribution in [0.2, 0.25) is 0 Å². The van der Waals surface area contributed by atoms with Crippen molar-refractivity contribution in [2.45, 2.75) is 19.3 Å². The van der Waals surface area contributed by atoms with E-state index in [2.05, 4.69) is 11.9 Å². The van der Waals surface area contributed by atoms with Crippen molar-refractivity contribution in [2.75, 3.05) is 47.1 Å². The molecule has 4 heteroatoms. The first-order chi connectivity index (χ1) is 10.3. The van der Waals surface area contributed by atoms with Crippen LogP contribution in [0.25, 0.3) is 0 Å². The molecule has 0 atom stereocenters. The standard InChI is InChI=1S/C17H27NO3/c1-18(14-15-8-12-20-13-9-15)10-3-11-21-17-6-4-16(19-2)5-7-17/h4-7,15H,3,8-14H2,1-2H3. The quantitative estimate of drug-likeness (QED) is 0.690. The zero-order valence-electron chi connectivity index (χ0n) is 13.2. The Balaban J connectivity index is 1.57. The van der Waals surface area contributed by atoms with Gasteiger partial charge in [-0.3, -0.25) is 0 Å². The first-order valence-electron chi connectivity index (χ1n) is 7.81. The summed E-state index contributed by atoms with van der Waals surface area (Å²) < 4.78 is 16.3. The molecule has 1 aromatic rings. The maximum Gasteiger partial charge on any atom is 0.119 e. The lowest BCUT2D eigenvalue weighted by Crippen LogP contribution is -2.30. The lowest BCUT2D eigenvalue weighted by molar-refractivity contribution is 0.0552. The minimum atomic E-state index is 0.754. The Morgan fingerprint density at radius 3 is 2.48 bits per heavy atom. The molecule has 1 aliphatic heterocycles. The number of rotatable bonds is 8. The third kappa shape index (κ3) is 5.94.